The quantitative estimate of drug-likeness (QED) is 0.757. The average molecular weight is 324 g/mol. The summed E-state index contributed by atoms with van der Waals surface area (Å²) in [7, 11) is 1.63. The molecule has 7 heteroatoms. The maximum absolute atomic E-state index is 12.1. The second kappa shape index (κ2) is 8.41. The lowest BCUT2D eigenvalue weighted by molar-refractivity contribution is 0.0927. The van der Waals surface area contributed by atoms with Gasteiger partial charge in [0, 0.05) is 26.5 Å². The Morgan fingerprint density at radius 1 is 1.36 bits per heavy atom. The summed E-state index contributed by atoms with van der Waals surface area (Å²) in [6.07, 6.45) is 2.31. The average Bonchev–Trinajstić information content (AvgIpc) is 2.99. The molecule has 0 saturated carbocycles. The first-order valence-electron chi connectivity index (χ1n) is 6.88. The molecule has 118 valence electrons. The lowest BCUT2D eigenvalue weighted by Gasteiger charge is -2.10. The van der Waals surface area contributed by atoms with Crippen molar-refractivity contribution in [2.24, 2.45) is 0 Å². The first-order chi connectivity index (χ1) is 10.7. The van der Waals surface area contributed by atoms with Crippen molar-refractivity contribution in [3.05, 3.63) is 47.2 Å². The van der Waals surface area contributed by atoms with Crippen molar-refractivity contribution < 1.29 is 14.3 Å². The minimum absolute atomic E-state index is 0.109. The molecule has 0 unspecified atom stereocenters. The number of rotatable bonds is 8. The van der Waals surface area contributed by atoms with Crippen LogP contribution in [0.4, 0.5) is 0 Å². The number of halogens is 1. The molecule has 0 atom stereocenters. The molecule has 0 fully saturated rings. The van der Waals surface area contributed by atoms with E-state index >= 15 is 0 Å². The zero-order valence-electron chi connectivity index (χ0n) is 12.3. The van der Waals surface area contributed by atoms with Crippen LogP contribution in [0.25, 0.3) is 0 Å². The molecular weight excluding hydrogens is 306 g/mol. The highest BCUT2D eigenvalue weighted by atomic mass is 35.5. The van der Waals surface area contributed by atoms with E-state index in [1.807, 2.05) is 12.1 Å². The molecule has 0 aliphatic carbocycles. The Morgan fingerprint density at radius 2 is 2.18 bits per heavy atom. The standard InChI is InChI=1S/C15H18ClN3O3/c1-21-10-4-8-17-15(20)13-7-9-18-19(13)11-22-14-6-3-2-5-12(14)16/h2-3,5-7,9H,4,8,10-11H2,1H3,(H,17,20). The van der Waals surface area contributed by atoms with Gasteiger partial charge in [-0.05, 0) is 24.6 Å². The zero-order valence-corrected chi connectivity index (χ0v) is 13.0. The van der Waals surface area contributed by atoms with Gasteiger partial charge in [0.25, 0.3) is 5.91 Å². The third kappa shape index (κ3) is 4.47. The number of nitrogens with one attached hydrogen (secondary N) is 1. The van der Waals surface area contributed by atoms with Crippen LogP contribution in [-0.2, 0) is 11.5 Å². The van der Waals surface area contributed by atoms with Gasteiger partial charge in [-0.25, -0.2) is 4.68 Å². The van der Waals surface area contributed by atoms with Crippen LogP contribution in [0.15, 0.2) is 36.5 Å². The van der Waals surface area contributed by atoms with Crippen LogP contribution in [0.2, 0.25) is 5.02 Å². The van der Waals surface area contributed by atoms with Crippen molar-refractivity contribution in [3.63, 3.8) is 0 Å². The Balaban J connectivity index is 1.92. The first-order valence-corrected chi connectivity index (χ1v) is 7.26. The predicted molar refractivity (Wildman–Crippen MR) is 83.1 cm³/mol. The fourth-order valence-electron chi connectivity index (χ4n) is 1.83. The van der Waals surface area contributed by atoms with Crippen molar-refractivity contribution in [3.8, 4) is 5.75 Å². The molecule has 0 radical (unpaired) electrons. The second-order valence-corrected chi connectivity index (χ2v) is 4.93. The van der Waals surface area contributed by atoms with Crippen molar-refractivity contribution in [1.29, 1.82) is 0 Å². The summed E-state index contributed by atoms with van der Waals surface area (Å²) in [5.74, 6) is 0.350. The molecule has 1 aromatic heterocycles. The summed E-state index contributed by atoms with van der Waals surface area (Å²) < 4.78 is 12.0. The Bertz CT molecular complexity index is 616. The van der Waals surface area contributed by atoms with Crippen molar-refractivity contribution in [1.82, 2.24) is 15.1 Å². The third-order valence-electron chi connectivity index (χ3n) is 2.94. The molecule has 1 heterocycles. The van der Waals surface area contributed by atoms with E-state index in [4.69, 9.17) is 21.1 Å². The van der Waals surface area contributed by atoms with Crippen LogP contribution >= 0.6 is 11.6 Å². The molecule has 1 amide bonds. The van der Waals surface area contributed by atoms with Gasteiger partial charge in [0.15, 0.2) is 6.73 Å². The maximum atomic E-state index is 12.1. The van der Waals surface area contributed by atoms with Gasteiger partial charge >= 0.3 is 0 Å². The van der Waals surface area contributed by atoms with Gasteiger partial charge in [0.2, 0.25) is 0 Å². The number of amides is 1. The third-order valence-corrected chi connectivity index (χ3v) is 3.25. The van der Waals surface area contributed by atoms with E-state index in [1.54, 1.807) is 31.5 Å². The highest BCUT2D eigenvalue weighted by Gasteiger charge is 2.12. The first kappa shape index (κ1) is 16.3. The number of nitrogens with zero attached hydrogens (tertiary/aromatic N) is 2. The van der Waals surface area contributed by atoms with E-state index in [0.717, 1.165) is 6.42 Å². The minimum Gasteiger partial charge on any atom is -0.470 e. The van der Waals surface area contributed by atoms with E-state index < -0.39 is 0 Å². The number of hydrogen-bond acceptors (Lipinski definition) is 4. The molecule has 6 nitrogen and oxygen atoms in total. The van der Waals surface area contributed by atoms with Crippen LogP contribution in [-0.4, -0.2) is 35.9 Å². The molecule has 0 aliphatic heterocycles. The van der Waals surface area contributed by atoms with Crippen LogP contribution < -0.4 is 10.1 Å². The summed E-state index contributed by atoms with van der Waals surface area (Å²) >= 11 is 6.02. The second-order valence-electron chi connectivity index (χ2n) is 4.52. The lowest BCUT2D eigenvalue weighted by atomic mass is 10.3. The number of ether oxygens (including phenoxy) is 2. The number of carbonyl (C=O) groups is 1. The summed E-state index contributed by atoms with van der Waals surface area (Å²) in [5.41, 5.74) is 0.435. The fourth-order valence-corrected chi connectivity index (χ4v) is 2.02. The molecule has 0 saturated heterocycles. The molecule has 2 rings (SSSR count). The van der Waals surface area contributed by atoms with E-state index in [2.05, 4.69) is 10.4 Å². The highest BCUT2D eigenvalue weighted by Crippen LogP contribution is 2.23. The van der Waals surface area contributed by atoms with Crippen molar-refractivity contribution in [2.75, 3.05) is 20.3 Å². The van der Waals surface area contributed by atoms with Gasteiger partial charge in [-0.3, -0.25) is 4.79 Å². The smallest absolute Gasteiger partial charge is 0.269 e. The fraction of sp³-hybridized carbons (Fsp3) is 0.333. The van der Waals surface area contributed by atoms with Crippen LogP contribution in [0.5, 0.6) is 5.75 Å². The van der Waals surface area contributed by atoms with E-state index in [-0.39, 0.29) is 12.6 Å². The monoisotopic (exact) mass is 323 g/mol. The molecule has 0 spiro atoms. The number of benzene rings is 1. The Hall–Kier alpha value is -2.05. The van der Waals surface area contributed by atoms with Gasteiger partial charge in [-0.1, -0.05) is 23.7 Å². The maximum Gasteiger partial charge on any atom is 0.269 e. The number of para-hydroxylation sites is 1. The highest BCUT2D eigenvalue weighted by molar-refractivity contribution is 6.32. The molecule has 1 aromatic carbocycles. The van der Waals surface area contributed by atoms with Crippen LogP contribution in [0.1, 0.15) is 16.9 Å². The van der Waals surface area contributed by atoms with Crippen LogP contribution in [0.3, 0.4) is 0 Å². The Labute approximate surface area is 134 Å². The van der Waals surface area contributed by atoms with Crippen molar-refractivity contribution in [2.45, 2.75) is 13.2 Å². The Kier molecular flexibility index (Phi) is 6.24. The normalized spacial score (nSPS) is 10.5. The zero-order chi connectivity index (χ0) is 15.8. The number of aromatic nitrogens is 2. The van der Waals surface area contributed by atoms with Crippen molar-refractivity contribution >= 4 is 17.5 Å². The van der Waals surface area contributed by atoms with Gasteiger partial charge in [0.1, 0.15) is 11.4 Å². The summed E-state index contributed by atoms with van der Waals surface area (Å²) in [6.45, 7) is 1.26. The predicted octanol–water partition coefficient (Wildman–Crippen LogP) is 2.34. The number of methoxy groups -OCH3 is 1. The summed E-state index contributed by atoms with van der Waals surface area (Å²) in [4.78, 5) is 12.1. The van der Waals surface area contributed by atoms with Crippen LogP contribution in [0, 0.1) is 0 Å². The lowest BCUT2D eigenvalue weighted by Crippen LogP contribution is -2.28. The van der Waals surface area contributed by atoms with Gasteiger partial charge in [-0.15, -0.1) is 0 Å². The molecular formula is C15H18ClN3O3. The SMILES string of the molecule is COCCCNC(=O)c1ccnn1COc1ccccc1Cl. The molecule has 22 heavy (non-hydrogen) atoms. The minimum atomic E-state index is -0.198. The summed E-state index contributed by atoms with van der Waals surface area (Å²) in [5, 5.41) is 7.41. The van der Waals surface area contributed by atoms with E-state index in [0.29, 0.717) is 29.6 Å². The summed E-state index contributed by atoms with van der Waals surface area (Å²) in [6, 6.07) is 8.79. The Morgan fingerprint density at radius 3 is 2.95 bits per heavy atom. The molecule has 1 N–H and O–H groups in total. The number of hydrogen-bond donors (Lipinski definition) is 1. The van der Waals surface area contributed by atoms with Gasteiger partial charge in [0.05, 0.1) is 5.02 Å². The number of carbonyl (C=O) groups excluding carboxylic acids is 1. The van der Waals surface area contributed by atoms with Gasteiger partial charge < -0.3 is 14.8 Å². The van der Waals surface area contributed by atoms with E-state index in [9.17, 15) is 4.79 Å². The molecule has 0 aliphatic rings. The van der Waals surface area contributed by atoms with E-state index in [1.165, 1.54) is 4.68 Å². The largest absolute Gasteiger partial charge is 0.470 e. The molecule has 2 aromatic rings. The molecule has 0 bridgehead atoms. The van der Waals surface area contributed by atoms with Gasteiger partial charge in [-0.2, -0.15) is 5.10 Å². The topological polar surface area (TPSA) is 65.4 Å².